The van der Waals surface area contributed by atoms with Gasteiger partial charge in [0.25, 0.3) is 0 Å². The number of halogens is 5. The van der Waals surface area contributed by atoms with E-state index in [0.29, 0.717) is 44.3 Å². The molecule has 0 fully saturated rings. The van der Waals surface area contributed by atoms with Crippen LogP contribution in [-0.2, 0) is 14.4 Å². The van der Waals surface area contributed by atoms with Crippen molar-refractivity contribution < 1.29 is 14.4 Å². The minimum absolute atomic E-state index is 0.0209. The molecule has 0 saturated heterocycles. The molecule has 11 heteroatoms. The Kier molecular flexibility index (Phi) is 16.7. The number of hydrogen-bond acceptors (Lipinski definition) is 3. The fourth-order valence-corrected chi connectivity index (χ4v) is 3.75. The Morgan fingerprint density at radius 1 is 0.700 bits per heavy atom. The maximum atomic E-state index is 11.5. The summed E-state index contributed by atoms with van der Waals surface area (Å²) in [5.74, 6) is -0.128. The summed E-state index contributed by atoms with van der Waals surface area (Å²) in [5, 5.41) is 7.20. The van der Waals surface area contributed by atoms with E-state index in [1.165, 1.54) is 0 Å². The number of benzene rings is 3. The molecule has 3 rings (SSSR count). The van der Waals surface area contributed by atoms with Crippen LogP contribution in [0.5, 0.6) is 0 Å². The van der Waals surface area contributed by atoms with Crippen LogP contribution in [0.15, 0.2) is 66.7 Å². The molecule has 0 spiro atoms. The Hall–Kier alpha value is -2.48. The first kappa shape index (κ1) is 35.5. The van der Waals surface area contributed by atoms with Gasteiger partial charge in [0.2, 0.25) is 17.7 Å². The largest absolute Gasteiger partial charge is 0.326 e. The van der Waals surface area contributed by atoms with Crippen LogP contribution < -0.4 is 15.5 Å². The number of alkyl halides is 1. The predicted octanol–water partition coefficient (Wildman–Crippen LogP) is 9.35. The first-order chi connectivity index (χ1) is 18.9. The quantitative estimate of drug-likeness (QED) is 0.251. The molecule has 6 nitrogen and oxygen atoms in total. The van der Waals surface area contributed by atoms with Crippen molar-refractivity contribution in [1.82, 2.24) is 0 Å². The minimum Gasteiger partial charge on any atom is -0.326 e. The zero-order valence-electron chi connectivity index (χ0n) is 22.6. The molecule has 0 aromatic heterocycles. The molecule has 0 atom stereocenters. The van der Waals surface area contributed by atoms with Crippen molar-refractivity contribution in [3.8, 4) is 0 Å². The number of nitrogens with one attached hydrogen (secondary N) is 2. The van der Waals surface area contributed by atoms with Crippen LogP contribution in [0.25, 0.3) is 0 Å². The van der Waals surface area contributed by atoms with Gasteiger partial charge in [0.15, 0.2) is 0 Å². The van der Waals surface area contributed by atoms with Crippen LogP contribution in [-0.4, -0.2) is 29.6 Å². The maximum Gasteiger partial charge on any atom is 0.242 e. The molecule has 3 aromatic carbocycles. The summed E-state index contributed by atoms with van der Waals surface area (Å²) in [6.45, 7) is 7.51. The second kappa shape index (κ2) is 18.8. The Labute approximate surface area is 260 Å². The van der Waals surface area contributed by atoms with E-state index < -0.39 is 0 Å². The van der Waals surface area contributed by atoms with Gasteiger partial charge in [0.05, 0.1) is 20.1 Å². The lowest BCUT2D eigenvalue weighted by atomic mass is 10.2. The van der Waals surface area contributed by atoms with Crippen molar-refractivity contribution in [2.75, 3.05) is 21.4 Å². The van der Waals surface area contributed by atoms with Crippen LogP contribution >= 0.6 is 58.0 Å². The van der Waals surface area contributed by atoms with E-state index in [1.54, 1.807) is 55.1 Å². The van der Waals surface area contributed by atoms with Gasteiger partial charge >= 0.3 is 0 Å². The SMILES string of the molecule is CC(C)N(C(=O)CCl)c1ccccc1.CCC(=O)Nc1ccc(Cl)c(Cl)c1.CCC(=O)Nc1ccc(Cl)c(Cl)c1. The summed E-state index contributed by atoms with van der Waals surface area (Å²) >= 11 is 28.5. The van der Waals surface area contributed by atoms with Gasteiger partial charge in [-0.15, -0.1) is 11.6 Å². The summed E-state index contributed by atoms with van der Waals surface area (Å²) in [6.07, 6.45) is 0.889. The fourth-order valence-electron chi connectivity index (χ4n) is 3.03. The number of carbonyl (C=O) groups is 3. The molecule has 3 aromatic rings. The molecule has 0 radical (unpaired) electrons. The van der Waals surface area contributed by atoms with Gasteiger partial charge in [-0.25, -0.2) is 0 Å². The van der Waals surface area contributed by atoms with E-state index >= 15 is 0 Å². The molecule has 0 aliphatic rings. The predicted molar refractivity (Wildman–Crippen MR) is 171 cm³/mol. The molecule has 0 heterocycles. The fraction of sp³-hybridized carbons (Fsp3) is 0.276. The molecule has 0 bridgehead atoms. The third-order valence-electron chi connectivity index (χ3n) is 4.98. The van der Waals surface area contributed by atoms with Crippen LogP contribution in [0.4, 0.5) is 17.1 Å². The number of carbonyl (C=O) groups excluding carboxylic acids is 3. The molecule has 216 valence electrons. The summed E-state index contributed by atoms with van der Waals surface area (Å²) in [5.41, 5.74) is 2.23. The average molecular weight is 648 g/mol. The Bertz CT molecular complexity index is 1190. The zero-order chi connectivity index (χ0) is 30.2. The Morgan fingerprint density at radius 2 is 1.12 bits per heavy atom. The third kappa shape index (κ3) is 12.8. The summed E-state index contributed by atoms with van der Waals surface area (Å²) in [7, 11) is 0. The lowest BCUT2D eigenvalue weighted by molar-refractivity contribution is -0.117. The summed E-state index contributed by atoms with van der Waals surface area (Å²) in [6, 6.07) is 19.6. The smallest absolute Gasteiger partial charge is 0.242 e. The number of hydrogen-bond donors (Lipinski definition) is 2. The third-order valence-corrected chi connectivity index (χ3v) is 6.69. The van der Waals surface area contributed by atoms with Crippen molar-refractivity contribution in [2.24, 2.45) is 0 Å². The molecule has 0 saturated carbocycles. The van der Waals surface area contributed by atoms with Crippen molar-refractivity contribution >= 4 is 92.8 Å². The first-order valence-electron chi connectivity index (χ1n) is 12.4. The van der Waals surface area contributed by atoms with Gasteiger partial charge in [0, 0.05) is 35.9 Å². The standard InChI is InChI=1S/C11H14ClNO.2C9H9Cl2NO/c1-9(2)13(11(14)8-12)10-6-4-3-5-7-10;2*1-2-9(13)12-6-3-4-7(10)8(11)5-6/h3-7,9H,8H2,1-2H3;2*3-5H,2H2,1H3,(H,12,13). The number of para-hydroxylation sites is 1. The highest BCUT2D eigenvalue weighted by Crippen LogP contribution is 2.26. The van der Waals surface area contributed by atoms with E-state index in [-0.39, 0.29) is 29.6 Å². The number of amides is 3. The van der Waals surface area contributed by atoms with E-state index in [4.69, 9.17) is 58.0 Å². The van der Waals surface area contributed by atoms with Gasteiger partial charge in [-0.2, -0.15) is 0 Å². The summed E-state index contributed by atoms with van der Waals surface area (Å²) < 4.78 is 0. The Morgan fingerprint density at radius 3 is 1.45 bits per heavy atom. The van der Waals surface area contributed by atoms with Crippen LogP contribution in [0, 0.1) is 0 Å². The Balaban J connectivity index is 0.000000300. The van der Waals surface area contributed by atoms with Crippen molar-refractivity contribution in [2.45, 2.75) is 46.6 Å². The van der Waals surface area contributed by atoms with E-state index in [2.05, 4.69) is 10.6 Å². The van der Waals surface area contributed by atoms with Crippen molar-refractivity contribution in [1.29, 1.82) is 0 Å². The molecule has 3 amide bonds. The topological polar surface area (TPSA) is 78.5 Å². The monoisotopic (exact) mass is 645 g/mol. The molecule has 0 unspecified atom stereocenters. The number of nitrogens with zero attached hydrogens (tertiary/aromatic N) is 1. The normalized spacial score (nSPS) is 9.95. The van der Waals surface area contributed by atoms with Crippen LogP contribution in [0.2, 0.25) is 20.1 Å². The van der Waals surface area contributed by atoms with Crippen molar-refractivity contribution in [3.63, 3.8) is 0 Å². The summed E-state index contributed by atoms with van der Waals surface area (Å²) in [4.78, 5) is 35.2. The first-order valence-corrected chi connectivity index (χ1v) is 14.4. The number of anilines is 3. The van der Waals surface area contributed by atoms with Crippen LogP contribution in [0.3, 0.4) is 0 Å². The van der Waals surface area contributed by atoms with E-state index in [9.17, 15) is 14.4 Å². The molecule has 0 aliphatic carbocycles. The average Bonchev–Trinajstić information content (AvgIpc) is 2.93. The van der Waals surface area contributed by atoms with Gasteiger partial charge in [0.1, 0.15) is 5.88 Å². The number of rotatable bonds is 7. The van der Waals surface area contributed by atoms with Crippen LogP contribution in [0.1, 0.15) is 40.5 Å². The molecule has 40 heavy (non-hydrogen) atoms. The molecular formula is C29H32Cl5N3O3. The highest BCUT2D eigenvalue weighted by molar-refractivity contribution is 6.42. The lowest BCUT2D eigenvalue weighted by Crippen LogP contribution is -2.37. The van der Waals surface area contributed by atoms with Gasteiger partial charge in [-0.1, -0.05) is 78.5 Å². The van der Waals surface area contributed by atoms with Gasteiger partial charge < -0.3 is 15.5 Å². The molecule has 2 N–H and O–H groups in total. The lowest BCUT2D eigenvalue weighted by Gasteiger charge is -2.25. The minimum atomic E-state index is -0.0622. The highest BCUT2D eigenvalue weighted by Gasteiger charge is 2.17. The maximum absolute atomic E-state index is 11.5. The van der Waals surface area contributed by atoms with Gasteiger partial charge in [-0.3, -0.25) is 14.4 Å². The second-order valence-electron chi connectivity index (χ2n) is 8.39. The van der Waals surface area contributed by atoms with E-state index in [1.807, 2.05) is 44.2 Å². The van der Waals surface area contributed by atoms with E-state index in [0.717, 1.165) is 5.69 Å². The van der Waals surface area contributed by atoms with Gasteiger partial charge in [-0.05, 0) is 62.4 Å². The van der Waals surface area contributed by atoms with Crippen molar-refractivity contribution in [3.05, 3.63) is 86.8 Å². The highest BCUT2D eigenvalue weighted by atomic mass is 35.5. The molecule has 0 aliphatic heterocycles. The second-order valence-corrected chi connectivity index (χ2v) is 10.3. The molecular weight excluding hydrogens is 616 g/mol. The zero-order valence-corrected chi connectivity index (χ0v) is 26.4.